The number of nitrogens with zero attached hydrogens (tertiary/aromatic N) is 3. The zero-order valence-electron chi connectivity index (χ0n) is 16.3. The number of rotatable bonds is 7. The fraction of sp³-hybridized carbons (Fsp3) is 0.722. The third kappa shape index (κ3) is 5.66. The van der Waals surface area contributed by atoms with Gasteiger partial charge in [0.15, 0.2) is 4.34 Å². The van der Waals surface area contributed by atoms with Crippen molar-refractivity contribution < 1.29 is 14.4 Å². The quantitative estimate of drug-likeness (QED) is 0.514. The number of thioether (sulfide) groups is 1. The fourth-order valence-electron chi connectivity index (χ4n) is 3.20. The van der Waals surface area contributed by atoms with E-state index in [4.69, 9.17) is 0 Å². The molecule has 154 valence electrons. The van der Waals surface area contributed by atoms with Crippen LogP contribution in [0.3, 0.4) is 0 Å². The lowest BCUT2D eigenvalue weighted by Gasteiger charge is -2.22. The summed E-state index contributed by atoms with van der Waals surface area (Å²) in [5.41, 5.74) is 0. The molecule has 28 heavy (non-hydrogen) atoms. The van der Waals surface area contributed by atoms with Crippen LogP contribution in [0.25, 0.3) is 0 Å². The number of urea groups is 1. The minimum atomic E-state index is -0.492. The molecule has 2 fully saturated rings. The van der Waals surface area contributed by atoms with Crippen LogP contribution in [0.15, 0.2) is 4.34 Å². The number of imide groups is 1. The summed E-state index contributed by atoms with van der Waals surface area (Å²) in [4.78, 5) is 38.2. The lowest BCUT2D eigenvalue weighted by molar-refractivity contribution is -0.119. The molecule has 1 atom stereocenters. The smallest absolute Gasteiger partial charge is 0.321 e. The average molecular weight is 426 g/mol. The highest BCUT2D eigenvalue weighted by atomic mass is 32.2. The van der Waals surface area contributed by atoms with Crippen molar-refractivity contribution in [1.82, 2.24) is 20.8 Å². The molecule has 2 aliphatic carbocycles. The lowest BCUT2D eigenvalue weighted by Crippen LogP contribution is -2.47. The zero-order chi connectivity index (χ0) is 20.1. The molecule has 2 aliphatic rings. The first kappa shape index (κ1) is 21.0. The van der Waals surface area contributed by atoms with Gasteiger partial charge in [-0.15, -0.1) is 10.2 Å². The maximum Gasteiger partial charge on any atom is 0.321 e. The van der Waals surface area contributed by atoms with Crippen molar-refractivity contribution in [2.24, 2.45) is 0 Å². The number of nitrogens with one attached hydrogen (secondary N) is 2. The van der Waals surface area contributed by atoms with Crippen LogP contribution in [0.1, 0.15) is 65.2 Å². The molecule has 0 aromatic carbocycles. The Morgan fingerprint density at radius 1 is 1.18 bits per heavy atom. The molecule has 1 heterocycles. The van der Waals surface area contributed by atoms with Gasteiger partial charge < -0.3 is 5.32 Å². The second kappa shape index (κ2) is 9.69. The largest absolute Gasteiger partial charge is 0.335 e. The summed E-state index contributed by atoms with van der Waals surface area (Å²) in [6.45, 7) is 3.56. The standard InChI is InChI=1S/C18H27N5O3S2/c1-3-14(24)23(13-9-10-13)17-21-22-18(28-17)27-11(2)15(25)20-16(26)19-12-7-5-4-6-8-12/h11-13H,3-10H2,1-2H3,(H2,19,20,25,26)/t11-/m1/s1. The molecule has 2 N–H and O–H groups in total. The predicted octanol–water partition coefficient (Wildman–Crippen LogP) is 3.08. The van der Waals surface area contributed by atoms with E-state index in [1.807, 2.05) is 6.92 Å². The van der Waals surface area contributed by atoms with E-state index in [9.17, 15) is 14.4 Å². The summed E-state index contributed by atoms with van der Waals surface area (Å²) in [6, 6.07) is -0.0575. The number of hydrogen-bond donors (Lipinski definition) is 2. The molecule has 1 aromatic heterocycles. The van der Waals surface area contributed by atoms with Crippen LogP contribution in [0, 0.1) is 0 Å². The summed E-state index contributed by atoms with van der Waals surface area (Å²) >= 11 is 2.56. The molecule has 0 spiro atoms. The van der Waals surface area contributed by atoms with E-state index in [0.29, 0.717) is 15.9 Å². The second-order valence-corrected chi connectivity index (χ2v) is 9.80. The first-order chi connectivity index (χ1) is 13.5. The van der Waals surface area contributed by atoms with Gasteiger partial charge in [-0.25, -0.2) is 4.79 Å². The molecule has 0 radical (unpaired) electrons. The molecule has 1 aromatic rings. The molecule has 4 amide bonds. The van der Waals surface area contributed by atoms with E-state index in [-0.39, 0.29) is 23.9 Å². The molecular formula is C18H27N5O3S2. The number of carbonyl (C=O) groups is 3. The van der Waals surface area contributed by atoms with Crippen LogP contribution in [0.5, 0.6) is 0 Å². The van der Waals surface area contributed by atoms with Gasteiger partial charge in [0.2, 0.25) is 16.9 Å². The Bertz CT molecular complexity index is 716. The second-order valence-electron chi connectivity index (χ2n) is 7.26. The van der Waals surface area contributed by atoms with Crippen molar-refractivity contribution in [3.8, 4) is 0 Å². The van der Waals surface area contributed by atoms with E-state index in [1.54, 1.807) is 11.8 Å². The first-order valence-electron chi connectivity index (χ1n) is 9.91. The van der Waals surface area contributed by atoms with Crippen LogP contribution < -0.4 is 15.5 Å². The minimum Gasteiger partial charge on any atom is -0.335 e. The van der Waals surface area contributed by atoms with E-state index in [1.165, 1.54) is 29.5 Å². The molecule has 2 saturated carbocycles. The Hall–Kier alpha value is -1.68. The van der Waals surface area contributed by atoms with Gasteiger partial charge in [0.05, 0.1) is 5.25 Å². The molecule has 3 rings (SSSR count). The molecule has 0 bridgehead atoms. The summed E-state index contributed by atoms with van der Waals surface area (Å²) in [5.74, 6) is -0.320. The van der Waals surface area contributed by atoms with Crippen LogP contribution in [0.4, 0.5) is 9.93 Å². The highest BCUT2D eigenvalue weighted by Gasteiger charge is 2.35. The van der Waals surface area contributed by atoms with Crippen molar-refractivity contribution >= 4 is 46.1 Å². The maximum atomic E-state index is 12.3. The van der Waals surface area contributed by atoms with E-state index < -0.39 is 11.3 Å². The van der Waals surface area contributed by atoms with Crippen molar-refractivity contribution in [1.29, 1.82) is 0 Å². The van der Waals surface area contributed by atoms with Gasteiger partial charge in [-0.1, -0.05) is 49.3 Å². The predicted molar refractivity (Wildman–Crippen MR) is 110 cm³/mol. The minimum absolute atomic E-state index is 0.0420. The third-order valence-corrected chi connectivity index (χ3v) is 7.02. The highest BCUT2D eigenvalue weighted by molar-refractivity contribution is 8.02. The Morgan fingerprint density at radius 3 is 2.54 bits per heavy atom. The number of aromatic nitrogens is 2. The Kier molecular flexibility index (Phi) is 7.28. The van der Waals surface area contributed by atoms with Crippen LogP contribution in [-0.2, 0) is 9.59 Å². The highest BCUT2D eigenvalue weighted by Crippen LogP contribution is 2.37. The Labute approximate surface area is 173 Å². The molecular weight excluding hydrogens is 398 g/mol. The summed E-state index contributed by atoms with van der Waals surface area (Å²) < 4.78 is 0.611. The number of amides is 4. The van der Waals surface area contributed by atoms with E-state index in [2.05, 4.69) is 20.8 Å². The lowest BCUT2D eigenvalue weighted by atomic mass is 9.96. The molecule has 8 nitrogen and oxygen atoms in total. The number of anilines is 1. The van der Waals surface area contributed by atoms with Gasteiger partial charge >= 0.3 is 6.03 Å². The van der Waals surface area contributed by atoms with Crippen molar-refractivity contribution in [3.63, 3.8) is 0 Å². The molecule has 0 aliphatic heterocycles. The van der Waals surface area contributed by atoms with E-state index >= 15 is 0 Å². The fourth-order valence-corrected chi connectivity index (χ4v) is 5.28. The zero-order valence-corrected chi connectivity index (χ0v) is 17.9. The summed E-state index contributed by atoms with van der Waals surface area (Å²) in [7, 11) is 0. The summed E-state index contributed by atoms with van der Waals surface area (Å²) in [6.07, 6.45) is 7.77. The average Bonchev–Trinajstić information content (AvgIpc) is 3.41. The van der Waals surface area contributed by atoms with Gasteiger partial charge in [0.1, 0.15) is 0 Å². The maximum absolute atomic E-state index is 12.3. The SMILES string of the molecule is CCC(=O)N(c1nnc(S[C@H](C)C(=O)NC(=O)NC2CCCCC2)s1)C1CC1. The van der Waals surface area contributed by atoms with Gasteiger partial charge in [0.25, 0.3) is 0 Å². The molecule has 10 heteroatoms. The van der Waals surface area contributed by atoms with E-state index in [0.717, 1.165) is 38.5 Å². The number of hydrogen-bond acceptors (Lipinski definition) is 7. The van der Waals surface area contributed by atoms with Gasteiger partial charge in [-0.05, 0) is 32.6 Å². The third-order valence-electron chi connectivity index (χ3n) is 4.91. The normalized spacial score (nSPS) is 18.4. The first-order valence-corrected chi connectivity index (χ1v) is 11.6. The van der Waals surface area contributed by atoms with Crippen molar-refractivity contribution in [3.05, 3.63) is 0 Å². The van der Waals surface area contributed by atoms with Gasteiger partial charge in [-0.3, -0.25) is 19.8 Å². The topological polar surface area (TPSA) is 104 Å². The Balaban J connectivity index is 1.50. The monoisotopic (exact) mass is 425 g/mol. The number of carbonyl (C=O) groups excluding carboxylic acids is 3. The van der Waals surface area contributed by atoms with Crippen LogP contribution >= 0.6 is 23.1 Å². The Morgan fingerprint density at radius 2 is 1.89 bits per heavy atom. The molecule has 0 saturated heterocycles. The summed E-state index contributed by atoms with van der Waals surface area (Å²) in [5, 5.41) is 13.6. The van der Waals surface area contributed by atoms with Crippen molar-refractivity contribution in [2.75, 3.05) is 4.90 Å². The van der Waals surface area contributed by atoms with Gasteiger partial charge in [0, 0.05) is 18.5 Å². The van der Waals surface area contributed by atoms with Crippen LogP contribution in [0.2, 0.25) is 0 Å². The molecule has 0 unspecified atom stereocenters. The van der Waals surface area contributed by atoms with Crippen LogP contribution in [-0.4, -0.2) is 45.4 Å². The van der Waals surface area contributed by atoms with Crippen molar-refractivity contribution in [2.45, 2.75) is 86.9 Å². The van der Waals surface area contributed by atoms with Gasteiger partial charge in [-0.2, -0.15) is 0 Å².